The van der Waals surface area contributed by atoms with Crippen molar-refractivity contribution in [1.29, 1.82) is 0 Å². The van der Waals surface area contributed by atoms with Crippen molar-refractivity contribution in [2.45, 2.75) is 0 Å². The third-order valence-electron chi connectivity index (χ3n) is 3.82. The van der Waals surface area contributed by atoms with Gasteiger partial charge in [0.1, 0.15) is 6.61 Å². The molecular formula is C20H15Cl2NO3S2. The summed E-state index contributed by atoms with van der Waals surface area (Å²) in [5.74, 6) is 0.853. The minimum Gasteiger partial charge on any atom is -0.493 e. The number of rotatable bonds is 6. The van der Waals surface area contributed by atoms with E-state index in [1.165, 1.54) is 16.7 Å². The Hall–Kier alpha value is -1.99. The van der Waals surface area contributed by atoms with E-state index in [-0.39, 0.29) is 5.91 Å². The summed E-state index contributed by atoms with van der Waals surface area (Å²) in [5.41, 5.74) is 1.27. The SMILES string of the molecule is C=CCOc1c(/C=C2/SC(=S)N(c3ccc(Cl)c(Cl)c3)C2=O)cccc1OC. The predicted molar refractivity (Wildman–Crippen MR) is 121 cm³/mol. The molecule has 1 aliphatic heterocycles. The van der Waals surface area contributed by atoms with Crippen molar-refractivity contribution in [3.8, 4) is 11.5 Å². The van der Waals surface area contributed by atoms with Crippen LogP contribution in [-0.2, 0) is 4.79 Å². The second-order valence-corrected chi connectivity index (χ2v) is 8.08. The van der Waals surface area contributed by atoms with E-state index < -0.39 is 0 Å². The van der Waals surface area contributed by atoms with Gasteiger partial charge in [0.05, 0.1) is 27.7 Å². The Balaban J connectivity index is 1.98. The zero-order valence-electron chi connectivity index (χ0n) is 14.8. The van der Waals surface area contributed by atoms with E-state index in [0.717, 1.165) is 0 Å². The van der Waals surface area contributed by atoms with Gasteiger partial charge in [-0.2, -0.15) is 0 Å². The molecule has 1 saturated heterocycles. The molecule has 0 aliphatic carbocycles. The molecule has 2 aromatic carbocycles. The summed E-state index contributed by atoms with van der Waals surface area (Å²) in [7, 11) is 1.56. The Morgan fingerprint density at radius 2 is 2.04 bits per heavy atom. The maximum Gasteiger partial charge on any atom is 0.270 e. The number of nitrogens with zero attached hydrogens (tertiary/aromatic N) is 1. The standard InChI is InChI=1S/C20H15Cl2NO3S2/c1-3-9-26-18-12(5-4-6-16(18)25-2)10-17-19(24)23(20(27)28-17)13-7-8-14(21)15(22)11-13/h3-8,10-11H,1,9H2,2H3/b17-10+. The molecule has 8 heteroatoms. The molecule has 0 unspecified atom stereocenters. The Morgan fingerprint density at radius 1 is 1.25 bits per heavy atom. The van der Waals surface area contributed by atoms with E-state index in [1.54, 1.807) is 43.5 Å². The second kappa shape index (κ2) is 9.01. The Labute approximate surface area is 182 Å². The number of amides is 1. The summed E-state index contributed by atoms with van der Waals surface area (Å²) in [6, 6.07) is 10.4. The quantitative estimate of drug-likeness (QED) is 0.307. The van der Waals surface area contributed by atoms with Gasteiger partial charge in [-0.25, -0.2) is 0 Å². The molecule has 1 aliphatic rings. The topological polar surface area (TPSA) is 38.8 Å². The molecule has 0 radical (unpaired) electrons. The number of thioether (sulfide) groups is 1. The number of hydrogen-bond donors (Lipinski definition) is 0. The molecule has 144 valence electrons. The monoisotopic (exact) mass is 451 g/mol. The van der Waals surface area contributed by atoms with Crippen molar-refractivity contribution >= 4 is 69.2 Å². The van der Waals surface area contributed by atoms with Gasteiger partial charge in [-0.05, 0) is 30.3 Å². The molecule has 0 spiro atoms. The van der Waals surface area contributed by atoms with Crippen molar-refractivity contribution < 1.29 is 14.3 Å². The average molecular weight is 452 g/mol. The number of thiocarbonyl (C=S) groups is 1. The van der Waals surface area contributed by atoms with E-state index in [1.807, 2.05) is 12.1 Å². The van der Waals surface area contributed by atoms with Crippen molar-refractivity contribution in [1.82, 2.24) is 0 Å². The van der Waals surface area contributed by atoms with Gasteiger partial charge in [0.25, 0.3) is 5.91 Å². The van der Waals surface area contributed by atoms with Gasteiger partial charge in [0, 0.05) is 5.56 Å². The van der Waals surface area contributed by atoms with Crippen LogP contribution in [-0.4, -0.2) is 23.9 Å². The van der Waals surface area contributed by atoms with E-state index in [9.17, 15) is 4.79 Å². The lowest BCUT2D eigenvalue weighted by Gasteiger charge is -2.15. The van der Waals surface area contributed by atoms with E-state index in [2.05, 4.69) is 6.58 Å². The third kappa shape index (κ3) is 4.20. The second-order valence-electron chi connectivity index (χ2n) is 5.59. The highest BCUT2D eigenvalue weighted by Gasteiger charge is 2.33. The molecule has 0 saturated carbocycles. The zero-order chi connectivity index (χ0) is 20.3. The summed E-state index contributed by atoms with van der Waals surface area (Å²) in [4.78, 5) is 14.9. The molecule has 3 rings (SSSR count). The van der Waals surface area contributed by atoms with Crippen LogP contribution in [0.25, 0.3) is 6.08 Å². The first-order valence-electron chi connectivity index (χ1n) is 8.10. The molecule has 0 atom stereocenters. The number of carbonyl (C=O) groups excluding carboxylic acids is 1. The highest BCUT2D eigenvalue weighted by molar-refractivity contribution is 8.27. The van der Waals surface area contributed by atoms with Crippen LogP contribution in [0, 0.1) is 0 Å². The van der Waals surface area contributed by atoms with Crippen LogP contribution in [0.2, 0.25) is 10.0 Å². The minimum atomic E-state index is -0.245. The normalized spacial score (nSPS) is 15.2. The van der Waals surface area contributed by atoms with Gasteiger partial charge >= 0.3 is 0 Å². The number of hydrogen-bond acceptors (Lipinski definition) is 5. The number of carbonyl (C=O) groups is 1. The fraction of sp³-hybridized carbons (Fsp3) is 0.100. The first-order chi connectivity index (χ1) is 13.5. The van der Waals surface area contributed by atoms with E-state index >= 15 is 0 Å². The summed E-state index contributed by atoms with van der Waals surface area (Å²) < 4.78 is 11.5. The smallest absolute Gasteiger partial charge is 0.270 e. The lowest BCUT2D eigenvalue weighted by molar-refractivity contribution is -0.113. The van der Waals surface area contributed by atoms with Crippen molar-refractivity contribution in [3.63, 3.8) is 0 Å². The molecule has 4 nitrogen and oxygen atoms in total. The van der Waals surface area contributed by atoms with Crippen LogP contribution >= 0.6 is 47.2 Å². The van der Waals surface area contributed by atoms with E-state index in [4.69, 9.17) is 44.9 Å². The molecule has 0 bridgehead atoms. The van der Waals surface area contributed by atoms with Gasteiger partial charge in [0.2, 0.25) is 0 Å². The maximum atomic E-state index is 13.0. The summed E-state index contributed by atoms with van der Waals surface area (Å²) in [6.07, 6.45) is 3.37. The zero-order valence-corrected chi connectivity index (χ0v) is 17.9. The van der Waals surface area contributed by atoms with Crippen molar-refractivity contribution in [2.24, 2.45) is 0 Å². The summed E-state index contributed by atoms with van der Waals surface area (Å²) >= 11 is 18.7. The Bertz CT molecular complexity index is 991. The highest BCUT2D eigenvalue weighted by atomic mass is 35.5. The average Bonchev–Trinajstić information content (AvgIpc) is 2.96. The number of benzene rings is 2. The maximum absolute atomic E-state index is 13.0. The predicted octanol–water partition coefficient (Wildman–Crippen LogP) is 5.97. The largest absolute Gasteiger partial charge is 0.493 e. The first kappa shape index (κ1) is 20.7. The van der Waals surface area contributed by atoms with Gasteiger partial charge < -0.3 is 9.47 Å². The van der Waals surface area contributed by atoms with Gasteiger partial charge in [-0.15, -0.1) is 0 Å². The molecule has 1 fully saturated rings. The van der Waals surface area contributed by atoms with Crippen LogP contribution < -0.4 is 14.4 Å². The molecule has 28 heavy (non-hydrogen) atoms. The minimum absolute atomic E-state index is 0.245. The molecular weight excluding hydrogens is 437 g/mol. The van der Waals surface area contributed by atoms with Crippen LogP contribution in [0.1, 0.15) is 5.56 Å². The van der Waals surface area contributed by atoms with Crippen LogP contribution in [0.4, 0.5) is 5.69 Å². The third-order valence-corrected chi connectivity index (χ3v) is 5.86. The number of halogens is 2. The van der Waals surface area contributed by atoms with Gasteiger partial charge in [-0.3, -0.25) is 9.69 Å². The van der Waals surface area contributed by atoms with Gasteiger partial charge in [-0.1, -0.05) is 72.0 Å². The number of ether oxygens (including phenoxy) is 2. The number of anilines is 1. The lowest BCUT2D eigenvalue weighted by atomic mass is 10.1. The number of methoxy groups -OCH3 is 1. The Morgan fingerprint density at radius 3 is 2.71 bits per heavy atom. The fourth-order valence-electron chi connectivity index (χ4n) is 2.56. The summed E-state index contributed by atoms with van der Waals surface area (Å²) in [6.45, 7) is 3.97. The Kier molecular flexibility index (Phi) is 6.67. The van der Waals surface area contributed by atoms with Crippen LogP contribution in [0.15, 0.2) is 54.0 Å². The molecule has 1 heterocycles. The molecule has 0 aromatic heterocycles. The highest BCUT2D eigenvalue weighted by Crippen LogP contribution is 2.40. The van der Waals surface area contributed by atoms with Crippen molar-refractivity contribution in [3.05, 3.63) is 69.6 Å². The first-order valence-corrected chi connectivity index (χ1v) is 10.1. The van der Waals surface area contributed by atoms with Crippen molar-refractivity contribution in [2.75, 3.05) is 18.6 Å². The van der Waals surface area contributed by atoms with Crippen LogP contribution in [0.3, 0.4) is 0 Å². The lowest BCUT2D eigenvalue weighted by Crippen LogP contribution is -2.27. The molecule has 2 aromatic rings. The number of para-hydroxylation sites is 1. The van der Waals surface area contributed by atoms with Gasteiger partial charge in [0.15, 0.2) is 15.8 Å². The summed E-state index contributed by atoms with van der Waals surface area (Å²) in [5, 5.41) is 0.761. The van der Waals surface area contributed by atoms with E-state index in [0.29, 0.717) is 48.6 Å². The van der Waals surface area contributed by atoms with Crippen LogP contribution in [0.5, 0.6) is 11.5 Å². The fourth-order valence-corrected chi connectivity index (χ4v) is 4.14. The molecule has 0 N–H and O–H groups in total. The molecule has 1 amide bonds.